The fourth-order valence-electron chi connectivity index (χ4n) is 1.26. The zero-order valence-electron chi connectivity index (χ0n) is 7.53. The molecule has 1 rings (SSSR count). The van der Waals surface area contributed by atoms with E-state index in [1.54, 1.807) is 6.07 Å². The van der Waals surface area contributed by atoms with Crippen molar-refractivity contribution in [3.05, 3.63) is 35.4 Å². The normalized spacial score (nSPS) is 12.1. The molecule has 0 aromatic heterocycles. The molecule has 0 heterocycles. The largest absolute Gasteiger partial charge is 0.304 e. The minimum Gasteiger partial charge on any atom is -0.304 e. The maximum absolute atomic E-state index is 8.81. The Morgan fingerprint density at radius 2 is 2.23 bits per heavy atom. The van der Waals surface area contributed by atoms with Crippen molar-refractivity contribution in [3.63, 3.8) is 0 Å². The number of hydrogen-bond acceptors (Lipinski definition) is 3. The molecule has 0 bridgehead atoms. The third-order valence-corrected chi connectivity index (χ3v) is 1.96. The summed E-state index contributed by atoms with van der Waals surface area (Å²) in [5.41, 5.74) is 1.67. The monoisotopic (exact) mass is 176 g/mol. The lowest BCUT2D eigenvalue weighted by Crippen LogP contribution is -2.09. The van der Waals surface area contributed by atoms with Crippen LogP contribution in [-0.2, 0) is 4.84 Å². The molecule has 3 nitrogen and oxygen atoms in total. The first-order valence-electron chi connectivity index (χ1n) is 4.10. The molecule has 13 heavy (non-hydrogen) atoms. The summed E-state index contributed by atoms with van der Waals surface area (Å²) >= 11 is 0. The van der Waals surface area contributed by atoms with E-state index in [4.69, 9.17) is 11.2 Å². The standard InChI is InChI=1S/C10H12N2O/c1-8(7-13-12)10-5-3-2-4-9(10)6-11/h2-5,8H,7,12H2,1H3. The van der Waals surface area contributed by atoms with Gasteiger partial charge in [0.05, 0.1) is 18.2 Å². The van der Waals surface area contributed by atoms with E-state index in [0.717, 1.165) is 5.56 Å². The molecule has 2 N–H and O–H groups in total. The highest BCUT2D eigenvalue weighted by Gasteiger charge is 2.09. The van der Waals surface area contributed by atoms with Crippen LogP contribution in [-0.4, -0.2) is 6.61 Å². The third kappa shape index (κ3) is 2.28. The number of hydrogen-bond donors (Lipinski definition) is 1. The van der Waals surface area contributed by atoms with Crippen molar-refractivity contribution in [2.45, 2.75) is 12.8 Å². The fourth-order valence-corrected chi connectivity index (χ4v) is 1.26. The summed E-state index contributed by atoms with van der Waals surface area (Å²) in [6, 6.07) is 9.60. The van der Waals surface area contributed by atoms with Gasteiger partial charge in [-0.15, -0.1) is 0 Å². The number of benzene rings is 1. The van der Waals surface area contributed by atoms with Crippen LogP contribution in [0, 0.1) is 11.3 Å². The molecule has 1 atom stereocenters. The zero-order chi connectivity index (χ0) is 9.68. The molecule has 68 valence electrons. The van der Waals surface area contributed by atoms with Crippen molar-refractivity contribution in [1.29, 1.82) is 5.26 Å². The van der Waals surface area contributed by atoms with E-state index in [0.29, 0.717) is 12.2 Å². The summed E-state index contributed by atoms with van der Waals surface area (Å²) in [5.74, 6) is 5.13. The molecule has 0 fully saturated rings. The van der Waals surface area contributed by atoms with E-state index in [1.165, 1.54) is 0 Å². The number of rotatable bonds is 3. The van der Waals surface area contributed by atoms with E-state index >= 15 is 0 Å². The van der Waals surface area contributed by atoms with Gasteiger partial charge in [0.25, 0.3) is 0 Å². The first-order chi connectivity index (χ1) is 6.29. The summed E-state index contributed by atoms with van der Waals surface area (Å²) in [4.78, 5) is 4.55. The molecule has 0 saturated heterocycles. The minimum absolute atomic E-state index is 0.154. The van der Waals surface area contributed by atoms with Crippen molar-refractivity contribution < 1.29 is 4.84 Å². The molecule has 0 spiro atoms. The van der Waals surface area contributed by atoms with Crippen molar-refractivity contribution in [2.24, 2.45) is 5.90 Å². The molecule has 0 aliphatic heterocycles. The predicted molar refractivity (Wildman–Crippen MR) is 49.7 cm³/mol. The van der Waals surface area contributed by atoms with Crippen molar-refractivity contribution in [3.8, 4) is 6.07 Å². The van der Waals surface area contributed by atoms with Gasteiger partial charge in [0.1, 0.15) is 0 Å². The average Bonchev–Trinajstić information content (AvgIpc) is 2.18. The van der Waals surface area contributed by atoms with Crippen LogP contribution in [0.4, 0.5) is 0 Å². The topological polar surface area (TPSA) is 59.0 Å². The molecule has 1 unspecified atom stereocenters. The Morgan fingerprint density at radius 1 is 1.54 bits per heavy atom. The van der Waals surface area contributed by atoms with Crippen LogP contribution in [0.15, 0.2) is 24.3 Å². The van der Waals surface area contributed by atoms with E-state index in [2.05, 4.69) is 10.9 Å². The van der Waals surface area contributed by atoms with Crippen LogP contribution in [0.25, 0.3) is 0 Å². The van der Waals surface area contributed by atoms with Gasteiger partial charge < -0.3 is 4.84 Å². The number of nitriles is 1. The molecule has 1 aromatic rings. The smallest absolute Gasteiger partial charge is 0.0994 e. The van der Waals surface area contributed by atoms with E-state index in [1.807, 2.05) is 25.1 Å². The molecule has 0 aliphatic carbocycles. The maximum atomic E-state index is 8.81. The van der Waals surface area contributed by atoms with Gasteiger partial charge in [-0.25, -0.2) is 5.90 Å². The second-order valence-electron chi connectivity index (χ2n) is 2.93. The van der Waals surface area contributed by atoms with Gasteiger partial charge in [0, 0.05) is 5.92 Å². The minimum atomic E-state index is 0.154. The maximum Gasteiger partial charge on any atom is 0.0994 e. The highest BCUT2D eigenvalue weighted by molar-refractivity contribution is 5.39. The Hall–Kier alpha value is -1.37. The van der Waals surface area contributed by atoms with Gasteiger partial charge in [0.15, 0.2) is 0 Å². The van der Waals surface area contributed by atoms with Crippen LogP contribution in [0.3, 0.4) is 0 Å². The zero-order valence-corrected chi connectivity index (χ0v) is 7.53. The van der Waals surface area contributed by atoms with Crippen molar-refractivity contribution >= 4 is 0 Å². The van der Waals surface area contributed by atoms with Crippen LogP contribution in [0.2, 0.25) is 0 Å². The second kappa shape index (κ2) is 4.61. The predicted octanol–water partition coefficient (Wildman–Crippen LogP) is 1.55. The molecule has 0 radical (unpaired) electrons. The molecular formula is C10H12N2O. The highest BCUT2D eigenvalue weighted by atomic mass is 16.6. The fraction of sp³-hybridized carbons (Fsp3) is 0.300. The lowest BCUT2D eigenvalue weighted by atomic mass is 9.97. The quantitative estimate of drug-likeness (QED) is 0.711. The molecule has 1 aromatic carbocycles. The molecular weight excluding hydrogens is 164 g/mol. The first kappa shape index (κ1) is 9.72. The summed E-state index contributed by atoms with van der Waals surface area (Å²) < 4.78 is 0. The van der Waals surface area contributed by atoms with Crippen LogP contribution in [0.5, 0.6) is 0 Å². The number of nitrogens with two attached hydrogens (primary N) is 1. The molecule has 0 amide bonds. The molecule has 0 aliphatic rings. The molecule has 0 saturated carbocycles. The second-order valence-corrected chi connectivity index (χ2v) is 2.93. The van der Waals surface area contributed by atoms with Crippen molar-refractivity contribution in [1.82, 2.24) is 0 Å². The third-order valence-electron chi connectivity index (χ3n) is 1.96. The van der Waals surface area contributed by atoms with Gasteiger partial charge in [0.2, 0.25) is 0 Å². The van der Waals surface area contributed by atoms with Gasteiger partial charge in [-0.1, -0.05) is 25.1 Å². The van der Waals surface area contributed by atoms with E-state index in [-0.39, 0.29) is 5.92 Å². The highest BCUT2D eigenvalue weighted by Crippen LogP contribution is 2.18. The Balaban J connectivity index is 2.93. The SMILES string of the molecule is CC(CON)c1ccccc1C#N. The lowest BCUT2D eigenvalue weighted by Gasteiger charge is -2.10. The summed E-state index contributed by atoms with van der Waals surface area (Å²) in [5, 5.41) is 8.81. The Labute approximate surface area is 77.7 Å². The number of nitrogens with zero attached hydrogens (tertiary/aromatic N) is 1. The van der Waals surface area contributed by atoms with Gasteiger partial charge in [-0.05, 0) is 11.6 Å². The summed E-state index contributed by atoms with van der Waals surface area (Å²) in [7, 11) is 0. The Bertz CT molecular complexity index is 317. The lowest BCUT2D eigenvalue weighted by molar-refractivity contribution is 0.126. The van der Waals surface area contributed by atoms with Crippen LogP contribution >= 0.6 is 0 Å². The molecule has 3 heteroatoms. The first-order valence-corrected chi connectivity index (χ1v) is 4.10. The van der Waals surface area contributed by atoms with Gasteiger partial charge >= 0.3 is 0 Å². The van der Waals surface area contributed by atoms with Gasteiger partial charge in [-0.3, -0.25) is 0 Å². The summed E-state index contributed by atoms with van der Waals surface area (Å²) in [6.45, 7) is 2.40. The van der Waals surface area contributed by atoms with Crippen molar-refractivity contribution in [2.75, 3.05) is 6.61 Å². The summed E-state index contributed by atoms with van der Waals surface area (Å²) in [6.07, 6.45) is 0. The average molecular weight is 176 g/mol. The van der Waals surface area contributed by atoms with E-state index < -0.39 is 0 Å². The van der Waals surface area contributed by atoms with E-state index in [9.17, 15) is 0 Å². The Kier molecular flexibility index (Phi) is 3.44. The van der Waals surface area contributed by atoms with Crippen LogP contribution in [0.1, 0.15) is 24.0 Å². The van der Waals surface area contributed by atoms with Crippen LogP contribution < -0.4 is 5.90 Å². The van der Waals surface area contributed by atoms with Gasteiger partial charge in [-0.2, -0.15) is 5.26 Å². The Morgan fingerprint density at radius 3 is 2.85 bits per heavy atom.